The van der Waals surface area contributed by atoms with Gasteiger partial charge in [0, 0.05) is 12.9 Å². The van der Waals surface area contributed by atoms with Crippen LogP contribution in [0.2, 0.25) is 0 Å². The second kappa shape index (κ2) is 5.75. The summed E-state index contributed by atoms with van der Waals surface area (Å²) in [5, 5.41) is 2.84. The summed E-state index contributed by atoms with van der Waals surface area (Å²) in [7, 11) is -3.22. The van der Waals surface area contributed by atoms with E-state index < -0.39 is 15.4 Å². The normalized spacial score (nSPS) is 23.8. The topological polar surface area (TPSA) is 98.5 Å². The van der Waals surface area contributed by atoms with Gasteiger partial charge in [0.25, 0.3) is 0 Å². The van der Waals surface area contributed by atoms with Crippen molar-refractivity contribution >= 4 is 15.7 Å². The van der Waals surface area contributed by atoms with Crippen LogP contribution >= 0.6 is 0 Å². The molecule has 21 heavy (non-hydrogen) atoms. The number of benzene rings is 1. The number of hydrogen-bond donors (Lipinski definition) is 2. The fourth-order valence-corrected chi connectivity index (χ4v) is 2.82. The van der Waals surface area contributed by atoms with Gasteiger partial charge in [-0.3, -0.25) is 4.79 Å². The maximum atomic E-state index is 12.2. The number of amides is 1. The predicted octanol–water partition coefficient (Wildman–Crippen LogP) is 0.385. The van der Waals surface area contributed by atoms with E-state index >= 15 is 0 Å². The first-order valence-corrected chi connectivity index (χ1v) is 8.59. The molecule has 1 amide bonds. The molecule has 1 aromatic rings. The van der Waals surface area contributed by atoms with Crippen molar-refractivity contribution in [2.75, 3.05) is 19.5 Å². The molecule has 1 aliphatic rings. The van der Waals surface area contributed by atoms with Crippen molar-refractivity contribution in [1.82, 2.24) is 5.32 Å². The standard InChI is InChI=1S/C14H20N2O4S/c1-10(16-13(17)14(15)7-8-20-9-14)11-3-5-12(6-4-11)21(2,18)19/h3-6,10H,7-9,15H2,1-2H3,(H,16,17). The predicted molar refractivity (Wildman–Crippen MR) is 78.5 cm³/mol. The Morgan fingerprint density at radius 3 is 2.48 bits per heavy atom. The van der Waals surface area contributed by atoms with Gasteiger partial charge in [0.15, 0.2) is 9.84 Å². The molecule has 1 aliphatic heterocycles. The quantitative estimate of drug-likeness (QED) is 0.838. The van der Waals surface area contributed by atoms with Gasteiger partial charge in [-0.25, -0.2) is 8.42 Å². The van der Waals surface area contributed by atoms with Crippen molar-refractivity contribution in [3.05, 3.63) is 29.8 Å². The van der Waals surface area contributed by atoms with Crippen molar-refractivity contribution in [2.45, 2.75) is 29.8 Å². The zero-order valence-corrected chi connectivity index (χ0v) is 12.9. The summed E-state index contributed by atoms with van der Waals surface area (Å²) in [6, 6.07) is 6.19. The lowest BCUT2D eigenvalue weighted by Crippen LogP contribution is -2.54. The maximum absolute atomic E-state index is 12.2. The summed E-state index contributed by atoms with van der Waals surface area (Å²) in [6.07, 6.45) is 1.66. The zero-order chi connectivity index (χ0) is 15.7. The molecular weight excluding hydrogens is 292 g/mol. The lowest BCUT2D eigenvalue weighted by molar-refractivity contribution is -0.127. The highest BCUT2D eigenvalue weighted by Gasteiger charge is 2.38. The summed E-state index contributed by atoms with van der Waals surface area (Å²) in [5.41, 5.74) is 5.84. The highest BCUT2D eigenvalue weighted by atomic mass is 32.2. The van der Waals surface area contributed by atoms with E-state index in [4.69, 9.17) is 10.5 Å². The largest absolute Gasteiger partial charge is 0.379 e. The Morgan fingerprint density at radius 1 is 1.38 bits per heavy atom. The highest BCUT2D eigenvalue weighted by molar-refractivity contribution is 7.90. The average molecular weight is 312 g/mol. The minimum atomic E-state index is -3.22. The van der Waals surface area contributed by atoms with Crippen LogP contribution in [0.5, 0.6) is 0 Å². The fourth-order valence-electron chi connectivity index (χ4n) is 2.19. The molecule has 3 N–H and O–H groups in total. The lowest BCUT2D eigenvalue weighted by atomic mass is 9.98. The van der Waals surface area contributed by atoms with Gasteiger partial charge >= 0.3 is 0 Å². The van der Waals surface area contributed by atoms with Crippen LogP contribution in [-0.4, -0.2) is 39.3 Å². The molecule has 2 unspecified atom stereocenters. The Bertz CT molecular complexity index is 619. The smallest absolute Gasteiger partial charge is 0.243 e. The molecule has 0 saturated carbocycles. The minimum absolute atomic E-state index is 0.221. The van der Waals surface area contributed by atoms with Crippen LogP contribution in [0.1, 0.15) is 24.9 Å². The van der Waals surface area contributed by atoms with Crippen LogP contribution in [0.25, 0.3) is 0 Å². The van der Waals surface area contributed by atoms with Gasteiger partial charge < -0.3 is 15.8 Å². The molecule has 0 spiro atoms. The maximum Gasteiger partial charge on any atom is 0.243 e. The molecule has 1 saturated heterocycles. The fraction of sp³-hybridized carbons (Fsp3) is 0.500. The summed E-state index contributed by atoms with van der Waals surface area (Å²) in [6.45, 7) is 2.53. The van der Waals surface area contributed by atoms with Crippen LogP contribution in [0, 0.1) is 0 Å². The number of nitrogens with one attached hydrogen (secondary N) is 1. The Hall–Kier alpha value is -1.44. The summed E-state index contributed by atoms with van der Waals surface area (Å²) in [4.78, 5) is 12.4. The molecule has 1 aromatic carbocycles. The van der Waals surface area contributed by atoms with Crippen molar-refractivity contribution in [1.29, 1.82) is 0 Å². The SMILES string of the molecule is CC(NC(=O)C1(N)CCOC1)c1ccc(S(C)(=O)=O)cc1. The second-order valence-electron chi connectivity index (χ2n) is 5.50. The van der Waals surface area contributed by atoms with Gasteiger partial charge in [-0.1, -0.05) is 12.1 Å². The van der Waals surface area contributed by atoms with Gasteiger partial charge in [0.05, 0.1) is 17.5 Å². The first-order valence-electron chi connectivity index (χ1n) is 6.70. The van der Waals surface area contributed by atoms with Gasteiger partial charge in [-0.05, 0) is 31.0 Å². The lowest BCUT2D eigenvalue weighted by Gasteiger charge is -2.24. The summed E-state index contributed by atoms with van der Waals surface area (Å²) >= 11 is 0. The van der Waals surface area contributed by atoms with Crippen molar-refractivity contribution in [2.24, 2.45) is 5.73 Å². The van der Waals surface area contributed by atoms with E-state index in [1.165, 1.54) is 12.1 Å². The molecule has 0 aliphatic carbocycles. The third-order valence-electron chi connectivity index (χ3n) is 3.66. The monoisotopic (exact) mass is 312 g/mol. The van der Waals surface area contributed by atoms with Crippen LogP contribution in [0.4, 0.5) is 0 Å². The van der Waals surface area contributed by atoms with Crippen LogP contribution in [0.15, 0.2) is 29.2 Å². The van der Waals surface area contributed by atoms with E-state index in [0.29, 0.717) is 13.0 Å². The highest BCUT2D eigenvalue weighted by Crippen LogP contribution is 2.20. The number of nitrogens with two attached hydrogens (primary N) is 1. The van der Waals surface area contributed by atoms with Crippen LogP contribution < -0.4 is 11.1 Å². The molecule has 1 heterocycles. The Labute approximate surface area is 124 Å². The number of rotatable bonds is 4. The average Bonchev–Trinajstić information content (AvgIpc) is 2.86. The number of sulfone groups is 1. The molecular formula is C14H20N2O4S. The molecule has 2 rings (SSSR count). The molecule has 7 heteroatoms. The molecule has 0 radical (unpaired) electrons. The van der Waals surface area contributed by atoms with Gasteiger partial charge in [-0.2, -0.15) is 0 Å². The third-order valence-corrected chi connectivity index (χ3v) is 4.79. The van der Waals surface area contributed by atoms with E-state index in [-0.39, 0.29) is 23.5 Å². The summed E-state index contributed by atoms with van der Waals surface area (Å²) < 4.78 is 28.0. The number of carbonyl (C=O) groups is 1. The Balaban J connectivity index is 2.06. The molecule has 1 fully saturated rings. The van der Waals surface area contributed by atoms with E-state index in [9.17, 15) is 13.2 Å². The summed E-state index contributed by atoms with van der Waals surface area (Å²) in [5.74, 6) is -0.250. The first-order chi connectivity index (χ1) is 9.72. The zero-order valence-electron chi connectivity index (χ0n) is 12.1. The molecule has 6 nitrogen and oxygen atoms in total. The third kappa shape index (κ3) is 3.61. The van der Waals surface area contributed by atoms with Gasteiger partial charge in [0.1, 0.15) is 5.54 Å². The van der Waals surface area contributed by atoms with E-state index in [1.54, 1.807) is 12.1 Å². The Kier molecular flexibility index (Phi) is 4.36. The molecule has 116 valence electrons. The first kappa shape index (κ1) is 15.9. The molecule has 0 bridgehead atoms. The number of carbonyl (C=O) groups excluding carboxylic acids is 1. The van der Waals surface area contributed by atoms with Gasteiger partial charge in [0.2, 0.25) is 5.91 Å². The van der Waals surface area contributed by atoms with Crippen LogP contribution in [-0.2, 0) is 19.4 Å². The van der Waals surface area contributed by atoms with Crippen molar-refractivity contribution in [3.8, 4) is 0 Å². The van der Waals surface area contributed by atoms with E-state index in [2.05, 4.69) is 5.32 Å². The van der Waals surface area contributed by atoms with Crippen molar-refractivity contribution in [3.63, 3.8) is 0 Å². The van der Waals surface area contributed by atoms with Gasteiger partial charge in [-0.15, -0.1) is 0 Å². The minimum Gasteiger partial charge on any atom is -0.379 e. The second-order valence-corrected chi connectivity index (χ2v) is 7.51. The van der Waals surface area contributed by atoms with Crippen LogP contribution in [0.3, 0.4) is 0 Å². The Morgan fingerprint density at radius 2 is 2.00 bits per heavy atom. The van der Waals surface area contributed by atoms with E-state index in [1.807, 2.05) is 6.92 Å². The van der Waals surface area contributed by atoms with E-state index in [0.717, 1.165) is 11.8 Å². The molecule has 2 atom stereocenters. The number of hydrogen-bond acceptors (Lipinski definition) is 5. The number of ether oxygens (including phenoxy) is 1. The molecule has 0 aromatic heterocycles. The van der Waals surface area contributed by atoms with Crippen molar-refractivity contribution < 1.29 is 17.9 Å².